The van der Waals surface area contributed by atoms with Gasteiger partial charge in [0.1, 0.15) is 5.02 Å². The number of aromatic nitrogens is 2. The second-order valence-electron chi connectivity index (χ2n) is 4.56. The monoisotopic (exact) mass is 255 g/mol. The fourth-order valence-corrected chi connectivity index (χ4v) is 1.99. The van der Waals surface area contributed by atoms with Crippen molar-refractivity contribution in [1.82, 2.24) is 9.78 Å². The van der Waals surface area contributed by atoms with Crippen molar-refractivity contribution in [2.24, 2.45) is 5.92 Å². The predicted molar refractivity (Wildman–Crippen MR) is 69.6 cm³/mol. The van der Waals surface area contributed by atoms with E-state index in [-0.39, 0.29) is 10.6 Å². The van der Waals surface area contributed by atoms with E-state index in [2.05, 4.69) is 10.4 Å². The van der Waals surface area contributed by atoms with E-state index in [0.717, 1.165) is 25.3 Å². The molecule has 0 spiro atoms. The zero-order valence-corrected chi connectivity index (χ0v) is 10.8. The lowest BCUT2D eigenvalue weighted by molar-refractivity contribution is 0.568. The number of hydrogen-bond donors (Lipinski definition) is 1. The van der Waals surface area contributed by atoms with E-state index < -0.39 is 0 Å². The van der Waals surface area contributed by atoms with Crippen LogP contribution in [0.15, 0.2) is 11.0 Å². The van der Waals surface area contributed by atoms with Gasteiger partial charge in [-0.15, -0.1) is 0 Å². The average molecular weight is 256 g/mol. The summed E-state index contributed by atoms with van der Waals surface area (Å²) in [5.74, 6) is 0.870. The number of hydrogen-bond acceptors (Lipinski definition) is 3. The second kappa shape index (κ2) is 5.54. The average Bonchev–Trinajstić information content (AvgIpc) is 3.12. The zero-order valence-electron chi connectivity index (χ0n) is 10.1. The molecule has 0 radical (unpaired) electrons. The number of nitrogens with zero attached hydrogens (tertiary/aromatic N) is 2. The van der Waals surface area contributed by atoms with Crippen LogP contribution >= 0.6 is 11.6 Å². The molecule has 1 aliphatic rings. The van der Waals surface area contributed by atoms with Gasteiger partial charge in [-0.05, 0) is 18.8 Å². The molecule has 94 valence electrons. The van der Waals surface area contributed by atoms with Crippen LogP contribution < -0.4 is 10.9 Å². The first-order valence-corrected chi connectivity index (χ1v) is 6.59. The number of rotatable bonds is 6. The molecule has 0 aliphatic heterocycles. The summed E-state index contributed by atoms with van der Waals surface area (Å²) in [5, 5.41) is 7.54. The largest absolute Gasteiger partial charge is 0.382 e. The number of anilines is 1. The van der Waals surface area contributed by atoms with Crippen LogP contribution in [-0.4, -0.2) is 16.3 Å². The van der Waals surface area contributed by atoms with E-state index in [0.29, 0.717) is 12.2 Å². The van der Waals surface area contributed by atoms with Gasteiger partial charge in [-0.3, -0.25) is 4.79 Å². The lowest BCUT2D eigenvalue weighted by Crippen LogP contribution is -2.24. The third kappa shape index (κ3) is 3.22. The van der Waals surface area contributed by atoms with Gasteiger partial charge >= 0.3 is 0 Å². The molecule has 1 aromatic heterocycles. The molecule has 1 saturated carbocycles. The van der Waals surface area contributed by atoms with Crippen LogP contribution in [0, 0.1) is 5.92 Å². The topological polar surface area (TPSA) is 46.9 Å². The SMILES string of the molecule is CCCn1ncc(NCCC2CC2)c(Cl)c1=O. The van der Waals surface area contributed by atoms with Gasteiger partial charge in [0.25, 0.3) is 5.56 Å². The van der Waals surface area contributed by atoms with Crippen molar-refractivity contribution in [3.05, 3.63) is 21.6 Å². The predicted octanol–water partition coefficient (Wildman–Crippen LogP) is 2.52. The molecule has 0 saturated heterocycles. The summed E-state index contributed by atoms with van der Waals surface area (Å²) in [7, 11) is 0. The number of halogens is 1. The molecule has 1 fully saturated rings. The van der Waals surface area contributed by atoms with Crippen LogP contribution in [0.2, 0.25) is 5.02 Å². The maximum absolute atomic E-state index is 11.8. The molecule has 4 nitrogen and oxygen atoms in total. The van der Waals surface area contributed by atoms with Gasteiger partial charge in [-0.2, -0.15) is 5.10 Å². The summed E-state index contributed by atoms with van der Waals surface area (Å²) >= 11 is 6.03. The van der Waals surface area contributed by atoms with Crippen molar-refractivity contribution in [2.75, 3.05) is 11.9 Å². The quantitative estimate of drug-likeness (QED) is 0.850. The highest BCUT2D eigenvalue weighted by Crippen LogP contribution is 2.32. The van der Waals surface area contributed by atoms with E-state index in [1.807, 2.05) is 6.92 Å². The van der Waals surface area contributed by atoms with Crippen molar-refractivity contribution >= 4 is 17.3 Å². The number of nitrogens with one attached hydrogen (secondary N) is 1. The maximum Gasteiger partial charge on any atom is 0.287 e. The van der Waals surface area contributed by atoms with Gasteiger partial charge in [0.15, 0.2) is 0 Å². The first-order chi connectivity index (χ1) is 8.22. The fraction of sp³-hybridized carbons (Fsp3) is 0.667. The van der Waals surface area contributed by atoms with Crippen LogP contribution in [0.25, 0.3) is 0 Å². The molecule has 5 heteroatoms. The lowest BCUT2D eigenvalue weighted by Gasteiger charge is -2.09. The highest BCUT2D eigenvalue weighted by molar-refractivity contribution is 6.32. The van der Waals surface area contributed by atoms with Crippen LogP contribution in [0.4, 0.5) is 5.69 Å². The summed E-state index contributed by atoms with van der Waals surface area (Å²) in [4.78, 5) is 11.8. The Morgan fingerprint density at radius 1 is 1.59 bits per heavy atom. The van der Waals surface area contributed by atoms with Gasteiger partial charge < -0.3 is 5.32 Å². The summed E-state index contributed by atoms with van der Waals surface area (Å²) in [6.07, 6.45) is 6.34. The molecule has 1 aliphatic carbocycles. The highest BCUT2D eigenvalue weighted by Gasteiger charge is 2.20. The summed E-state index contributed by atoms with van der Waals surface area (Å²) in [6, 6.07) is 0. The Morgan fingerprint density at radius 2 is 2.35 bits per heavy atom. The Bertz CT molecular complexity index is 440. The summed E-state index contributed by atoms with van der Waals surface area (Å²) in [5.41, 5.74) is 0.453. The Hall–Kier alpha value is -1.03. The first kappa shape index (κ1) is 12.4. The van der Waals surface area contributed by atoms with E-state index >= 15 is 0 Å². The lowest BCUT2D eigenvalue weighted by atomic mass is 10.3. The standard InChI is InChI=1S/C12H18ClN3O/c1-2-7-16-12(17)11(13)10(8-15-16)14-6-5-9-3-4-9/h8-9,14H,2-7H2,1H3. The zero-order chi connectivity index (χ0) is 12.3. The molecule has 0 unspecified atom stereocenters. The van der Waals surface area contributed by atoms with Crippen molar-refractivity contribution in [3.63, 3.8) is 0 Å². The van der Waals surface area contributed by atoms with Crippen molar-refractivity contribution < 1.29 is 0 Å². The second-order valence-corrected chi connectivity index (χ2v) is 4.94. The molecule has 17 heavy (non-hydrogen) atoms. The van der Waals surface area contributed by atoms with Gasteiger partial charge in [-0.1, -0.05) is 31.4 Å². The molecule has 0 amide bonds. The normalized spacial score (nSPS) is 14.9. The smallest absolute Gasteiger partial charge is 0.287 e. The van der Waals surface area contributed by atoms with Crippen molar-refractivity contribution in [3.8, 4) is 0 Å². The van der Waals surface area contributed by atoms with E-state index in [9.17, 15) is 4.79 Å². The Morgan fingerprint density at radius 3 is 3.00 bits per heavy atom. The molecular weight excluding hydrogens is 238 g/mol. The molecule has 1 N–H and O–H groups in total. The van der Waals surface area contributed by atoms with Gasteiger partial charge in [0.2, 0.25) is 0 Å². The summed E-state index contributed by atoms with van der Waals surface area (Å²) < 4.78 is 1.41. The third-order valence-corrected chi connectivity index (χ3v) is 3.35. The molecule has 1 heterocycles. The maximum atomic E-state index is 11.8. The minimum Gasteiger partial charge on any atom is -0.382 e. The fourth-order valence-electron chi connectivity index (χ4n) is 1.78. The van der Waals surface area contributed by atoms with Crippen molar-refractivity contribution in [2.45, 2.75) is 39.2 Å². The molecule has 0 aromatic carbocycles. The van der Waals surface area contributed by atoms with Crippen molar-refractivity contribution in [1.29, 1.82) is 0 Å². The van der Waals surface area contributed by atoms with Gasteiger partial charge in [0, 0.05) is 13.1 Å². The van der Waals surface area contributed by atoms with Gasteiger partial charge in [0.05, 0.1) is 11.9 Å². The van der Waals surface area contributed by atoms with Crippen LogP contribution in [0.1, 0.15) is 32.6 Å². The molecular formula is C12H18ClN3O. The first-order valence-electron chi connectivity index (χ1n) is 6.22. The molecule has 1 aromatic rings. The van der Waals surface area contributed by atoms with Crippen LogP contribution in [0.3, 0.4) is 0 Å². The molecule has 0 bridgehead atoms. The Kier molecular flexibility index (Phi) is 4.05. The minimum absolute atomic E-state index is 0.204. The van der Waals surface area contributed by atoms with Crippen LogP contribution in [0.5, 0.6) is 0 Å². The minimum atomic E-state index is -0.204. The van der Waals surface area contributed by atoms with E-state index in [1.54, 1.807) is 6.20 Å². The Balaban J connectivity index is 2.01. The molecule has 2 rings (SSSR count). The highest BCUT2D eigenvalue weighted by atomic mass is 35.5. The number of aryl methyl sites for hydroxylation is 1. The van der Waals surface area contributed by atoms with E-state index in [1.165, 1.54) is 17.5 Å². The van der Waals surface area contributed by atoms with E-state index in [4.69, 9.17) is 11.6 Å². The third-order valence-electron chi connectivity index (χ3n) is 2.99. The van der Waals surface area contributed by atoms with Gasteiger partial charge in [-0.25, -0.2) is 4.68 Å². The van der Waals surface area contributed by atoms with Crippen LogP contribution in [-0.2, 0) is 6.54 Å². The summed E-state index contributed by atoms with van der Waals surface area (Å²) in [6.45, 7) is 3.48. The molecule has 0 atom stereocenters. The Labute approximate surface area is 106 Å².